The fraction of sp³-hybridized carbons (Fsp3) is 0.350. The van der Waals surface area contributed by atoms with E-state index < -0.39 is 24.9 Å². The number of carbonyl (C=O) groups is 1. The van der Waals surface area contributed by atoms with Crippen LogP contribution in [0.1, 0.15) is 18.4 Å². The molecule has 150 valence electrons. The molecule has 8 heteroatoms. The maximum absolute atomic E-state index is 12.7. The van der Waals surface area contributed by atoms with Crippen molar-refractivity contribution in [2.75, 3.05) is 19.3 Å². The number of rotatable bonds is 6. The Morgan fingerprint density at radius 2 is 1.61 bits per heavy atom. The molecule has 0 aromatic heterocycles. The van der Waals surface area contributed by atoms with Crippen molar-refractivity contribution in [2.45, 2.75) is 34.3 Å². The topological polar surface area (TPSA) is 88.6 Å². The highest BCUT2D eigenvalue weighted by molar-refractivity contribution is 7.92. The van der Waals surface area contributed by atoms with E-state index in [0.717, 1.165) is 11.8 Å². The molecule has 1 amide bonds. The highest BCUT2D eigenvalue weighted by Gasteiger charge is 2.35. The van der Waals surface area contributed by atoms with Gasteiger partial charge >= 0.3 is 0 Å². The molecule has 1 aliphatic heterocycles. The molecule has 0 spiro atoms. The Hall–Kier alpha value is -2.19. The number of hydrogen-bond donors (Lipinski definition) is 0. The van der Waals surface area contributed by atoms with E-state index in [1.165, 1.54) is 12.1 Å². The Labute approximate surface area is 166 Å². The quantitative estimate of drug-likeness (QED) is 0.713. The lowest BCUT2D eigenvalue weighted by Gasteiger charge is -2.17. The molecule has 3 rings (SSSR count). The summed E-state index contributed by atoms with van der Waals surface area (Å²) < 4.78 is 48.4. The molecule has 6 nitrogen and oxygen atoms in total. The molecule has 1 atom stereocenters. The van der Waals surface area contributed by atoms with Crippen LogP contribution in [0.5, 0.6) is 0 Å². The van der Waals surface area contributed by atoms with Crippen LogP contribution in [0.15, 0.2) is 64.4 Å². The van der Waals surface area contributed by atoms with Crippen LogP contribution in [0.3, 0.4) is 0 Å². The first-order valence-electron chi connectivity index (χ1n) is 9.03. The summed E-state index contributed by atoms with van der Waals surface area (Å²) in [5.74, 6) is -0.0852. The first-order chi connectivity index (χ1) is 13.2. The van der Waals surface area contributed by atoms with Crippen LogP contribution in [0.25, 0.3) is 0 Å². The minimum Gasteiger partial charge on any atom is -0.341 e. The van der Waals surface area contributed by atoms with Crippen molar-refractivity contribution in [3.63, 3.8) is 0 Å². The number of sulfone groups is 2. The van der Waals surface area contributed by atoms with E-state index in [-0.39, 0.29) is 23.8 Å². The third-order valence-electron chi connectivity index (χ3n) is 4.99. The molecule has 2 aromatic carbocycles. The summed E-state index contributed by atoms with van der Waals surface area (Å²) in [6, 6.07) is 14.8. The first-order valence-corrected chi connectivity index (χ1v) is 12.5. The average Bonchev–Trinajstić information content (AvgIpc) is 3.17. The fourth-order valence-electron chi connectivity index (χ4n) is 3.32. The van der Waals surface area contributed by atoms with Crippen LogP contribution in [0.4, 0.5) is 0 Å². The minimum absolute atomic E-state index is 0.0852. The van der Waals surface area contributed by atoms with E-state index in [0.29, 0.717) is 24.3 Å². The number of amides is 1. The minimum atomic E-state index is -3.44. The summed E-state index contributed by atoms with van der Waals surface area (Å²) in [6.45, 7) is 0.645. The van der Waals surface area contributed by atoms with Crippen LogP contribution in [0.2, 0.25) is 0 Å². The van der Waals surface area contributed by atoms with Crippen molar-refractivity contribution in [1.82, 2.24) is 4.90 Å². The molecule has 1 heterocycles. The molecule has 0 N–H and O–H groups in total. The molecule has 2 aromatic rings. The van der Waals surface area contributed by atoms with Gasteiger partial charge in [0.05, 0.1) is 15.0 Å². The van der Waals surface area contributed by atoms with E-state index in [1.807, 2.05) is 0 Å². The summed E-state index contributed by atoms with van der Waals surface area (Å²) in [4.78, 5) is 14.6. The second-order valence-electron chi connectivity index (χ2n) is 7.02. The number of likely N-dealkylation sites (tertiary alicyclic amines) is 1. The molecule has 1 unspecified atom stereocenters. The third kappa shape index (κ3) is 4.62. The van der Waals surface area contributed by atoms with Crippen molar-refractivity contribution >= 4 is 25.6 Å². The molecule has 0 radical (unpaired) electrons. The molecule has 0 aliphatic carbocycles. The van der Waals surface area contributed by atoms with Gasteiger partial charge in [0, 0.05) is 25.8 Å². The van der Waals surface area contributed by atoms with Crippen LogP contribution < -0.4 is 0 Å². The fourth-order valence-corrected chi connectivity index (χ4v) is 5.67. The smallest absolute Gasteiger partial charge is 0.222 e. The van der Waals surface area contributed by atoms with E-state index in [2.05, 4.69) is 0 Å². The van der Waals surface area contributed by atoms with Crippen LogP contribution >= 0.6 is 0 Å². The van der Waals surface area contributed by atoms with Crippen LogP contribution in [-0.4, -0.2) is 52.2 Å². The van der Waals surface area contributed by atoms with Crippen molar-refractivity contribution in [3.05, 3.63) is 60.2 Å². The van der Waals surface area contributed by atoms with Gasteiger partial charge in [0.1, 0.15) is 0 Å². The number of hydrogen-bond acceptors (Lipinski definition) is 5. The summed E-state index contributed by atoms with van der Waals surface area (Å²) in [5, 5.41) is -0.576. The van der Waals surface area contributed by atoms with Gasteiger partial charge in [0.15, 0.2) is 19.7 Å². The predicted octanol–water partition coefficient (Wildman–Crippen LogP) is 2.10. The Bertz CT molecular complexity index is 1050. The van der Waals surface area contributed by atoms with E-state index in [1.54, 1.807) is 47.4 Å². The number of benzene rings is 2. The Balaban J connectivity index is 1.58. The second kappa shape index (κ2) is 8.05. The van der Waals surface area contributed by atoms with Crippen LogP contribution in [0, 0.1) is 0 Å². The maximum Gasteiger partial charge on any atom is 0.222 e. The molecule has 1 saturated heterocycles. The normalized spacial score (nSPS) is 17.6. The maximum atomic E-state index is 12.7. The Morgan fingerprint density at radius 1 is 0.964 bits per heavy atom. The monoisotopic (exact) mass is 421 g/mol. The predicted molar refractivity (Wildman–Crippen MR) is 106 cm³/mol. The lowest BCUT2D eigenvalue weighted by atomic mass is 10.1. The van der Waals surface area contributed by atoms with Gasteiger partial charge in [-0.25, -0.2) is 16.8 Å². The molecule has 1 aliphatic rings. The lowest BCUT2D eigenvalue weighted by Crippen LogP contribution is -2.32. The van der Waals surface area contributed by atoms with E-state index in [9.17, 15) is 21.6 Å². The van der Waals surface area contributed by atoms with E-state index in [4.69, 9.17) is 0 Å². The highest BCUT2D eigenvalue weighted by atomic mass is 32.2. The highest BCUT2D eigenvalue weighted by Crippen LogP contribution is 2.24. The SMILES string of the molecule is CS(=O)(=O)c1ccc(CCC(=O)N2CCC(S(=O)(=O)c3ccccc3)C2)cc1. The van der Waals surface area contributed by atoms with Gasteiger partial charge in [-0.3, -0.25) is 4.79 Å². The van der Waals surface area contributed by atoms with Crippen LogP contribution in [-0.2, 0) is 30.9 Å². The largest absolute Gasteiger partial charge is 0.341 e. The zero-order valence-corrected chi connectivity index (χ0v) is 17.2. The van der Waals surface area contributed by atoms with Gasteiger partial charge in [-0.05, 0) is 42.7 Å². The molecule has 0 bridgehead atoms. The van der Waals surface area contributed by atoms with Gasteiger partial charge in [-0.15, -0.1) is 0 Å². The van der Waals surface area contributed by atoms with E-state index >= 15 is 0 Å². The zero-order valence-electron chi connectivity index (χ0n) is 15.6. The van der Waals surface area contributed by atoms with Gasteiger partial charge in [-0.2, -0.15) is 0 Å². The average molecular weight is 422 g/mol. The second-order valence-corrected chi connectivity index (χ2v) is 11.3. The molecular weight excluding hydrogens is 398 g/mol. The van der Waals surface area contributed by atoms with Gasteiger partial charge in [0.25, 0.3) is 0 Å². The molecule has 1 fully saturated rings. The summed E-state index contributed by atoms with van der Waals surface area (Å²) >= 11 is 0. The Morgan fingerprint density at radius 3 is 2.21 bits per heavy atom. The lowest BCUT2D eigenvalue weighted by molar-refractivity contribution is -0.130. The number of carbonyl (C=O) groups excluding carboxylic acids is 1. The van der Waals surface area contributed by atoms with Gasteiger partial charge in [-0.1, -0.05) is 30.3 Å². The first kappa shape index (κ1) is 20.5. The number of nitrogens with zero attached hydrogens (tertiary/aromatic N) is 1. The molecule has 28 heavy (non-hydrogen) atoms. The van der Waals surface area contributed by atoms with Crippen molar-refractivity contribution in [3.8, 4) is 0 Å². The van der Waals surface area contributed by atoms with Crippen molar-refractivity contribution in [2.24, 2.45) is 0 Å². The number of aryl methyl sites for hydroxylation is 1. The van der Waals surface area contributed by atoms with Crippen molar-refractivity contribution in [1.29, 1.82) is 0 Å². The summed E-state index contributed by atoms with van der Waals surface area (Å²) in [7, 11) is -6.68. The molecular formula is C20H23NO5S2. The van der Waals surface area contributed by atoms with Gasteiger partial charge in [0.2, 0.25) is 5.91 Å². The standard InChI is InChI=1S/C20H23NO5S2/c1-27(23,24)17-10-7-16(8-11-17)9-12-20(22)21-14-13-19(15-21)28(25,26)18-5-3-2-4-6-18/h2-8,10-11,19H,9,12-15H2,1H3. The zero-order chi connectivity index (χ0) is 20.4. The summed E-state index contributed by atoms with van der Waals surface area (Å²) in [5.41, 5.74) is 0.869. The van der Waals surface area contributed by atoms with Crippen molar-refractivity contribution < 1.29 is 21.6 Å². The molecule has 0 saturated carbocycles. The van der Waals surface area contributed by atoms with Gasteiger partial charge < -0.3 is 4.90 Å². The summed E-state index contributed by atoms with van der Waals surface area (Å²) in [6.07, 6.45) is 2.33. The third-order valence-corrected chi connectivity index (χ3v) is 8.31. The Kier molecular flexibility index (Phi) is 5.90.